The van der Waals surface area contributed by atoms with E-state index in [1.807, 2.05) is 0 Å². The summed E-state index contributed by atoms with van der Waals surface area (Å²) in [4.78, 5) is 33.4. The Labute approximate surface area is 136 Å². The molecule has 2 N–H and O–H groups in total. The number of alkyl carbamates (subject to hydrolysis) is 1. The summed E-state index contributed by atoms with van der Waals surface area (Å²) < 4.78 is 4.90. The average molecular weight is 330 g/mol. The Hall–Kier alpha value is -3.42. The maximum absolute atomic E-state index is 11.8. The van der Waals surface area contributed by atoms with Crippen LogP contribution in [-0.2, 0) is 16.1 Å². The van der Waals surface area contributed by atoms with Crippen molar-refractivity contribution in [2.75, 3.05) is 0 Å². The van der Waals surface area contributed by atoms with Crippen molar-refractivity contribution >= 4 is 17.7 Å². The van der Waals surface area contributed by atoms with Crippen molar-refractivity contribution in [1.29, 1.82) is 0 Å². The summed E-state index contributed by atoms with van der Waals surface area (Å²) in [5, 5.41) is 22.3. The molecule has 0 aromatic heterocycles. The maximum Gasteiger partial charge on any atom is 0.408 e. The molecule has 0 bridgehead atoms. The predicted molar refractivity (Wildman–Crippen MR) is 83.2 cm³/mol. The second kappa shape index (κ2) is 7.73. The number of benzene rings is 2. The lowest BCUT2D eigenvalue weighted by Gasteiger charge is -2.14. The largest absolute Gasteiger partial charge is 0.479 e. The summed E-state index contributed by atoms with van der Waals surface area (Å²) in [6.07, 6.45) is -0.982. The summed E-state index contributed by atoms with van der Waals surface area (Å²) in [5.74, 6) is -1.25. The molecule has 2 rings (SSSR count). The molecule has 0 heterocycles. The summed E-state index contributed by atoms with van der Waals surface area (Å²) in [6, 6.07) is 12.7. The highest BCUT2D eigenvalue weighted by Crippen LogP contribution is 2.19. The van der Waals surface area contributed by atoms with Gasteiger partial charge in [-0.3, -0.25) is 10.1 Å². The minimum atomic E-state index is -1.27. The van der Waals surface area contributed by atoms with Gasteiger partial charge in [0.1, 0.15) is 6.61 Å². The van der Waals surface area contributed by atoms with E-state index >= 15 is 0 Å². The highest BCUT2D eigenvalue weighted by Gasteiger charge is 2.23. The molecule has 1 amide bonds. The topological polar surface area (TPSA) is 119 Å². The van der Waals surface area contributed by atoms with E-state index in [-0.39, 0.29) is 17.9 Å². The van der Waals surface area contributed by atoms with Crippen LogP contribution in [-0.4, -0.2) is 22.1 Å². The number of rotatable bonds is 6. The van der Waals surface area contributed by atoms with Gasteiger partial charge in [-0.1, -0.05) is 42.5 Å². The zero-order valence-electron chi connectivity index (χ0n) is 12.4. The molecule has 0 aliphatic carbocycles. The van der Waals surface area contributed by atoms with Gasteiger partial charge >= 0.3 is 12.1 Å². The lowest BCUT2D eigenvalue weighted by molar-refractivity contribution is -0.385. The van der Waals surface area contributed by atoms with Gasteiger partial charge in [0.25, 0.3) is 5.69 Å². The molecule has 124 valence electrons. The number of nitrogens with zero attached hydrogens (tertiary/aromatic N) is 1. The molecule has 8 nitrogen and oxygen atoms in total. The third kappa shape index (κ3) is 4.29. The molecule has 0 aliphatic rings. The first-order chi connectivity index (χ1) is 11.5. The van der Waals surface area contributed by atoms with Gasteiger partial charge in [0.05, 0.1) is 10.5 Å². The monoisotopic (exact) mass is 330 g/mol. The Morgan fingerprint density at radius 2 is 1.75 bits per heavy atom. The summed E-state index contributed by atoms with van der Waals surface area (Å²) >= 11 is 0. The molecule has 2 aromatic carbocycles. The third-order valence-corrected chi connectivity index (χ3v) is 3.19. The minimum absolute atomic E-state index is 0.178. The Morgan fingerprint density at radius 3 is 2.38 bits per heavy atom. The van der Waals surface area contributed by atoms with Crippen molar-refractivity contribution in [1.82, 2.24) is 5.32 Å². The van der Waals surface area contributed by atoms with Gasteiger partial charge in [0, 0.05) is 6.07 Å². The van der Waals surface area contributed by atoms with E-state index in [2.05, 4.69) is 5.32 Å². The Kier molecular flexibility index (Phi) is 5.45. The van der Waals surface area contributed by atoms with Crippen molar-refractivity contribution < 1.29 is 24.4 Å². The molecule has 0 radical (unpaired) electrons. The van der Waals surface area contributed by atoms with Crippen molar-refractivity contribution in [3.8, 4) is 0 Å². The van der Waals surface area contributed by atoms with Crippen molar-refractivity contribution in [3.05, 3.63) is 75.8 Å². The predicted octanol–water partition coefficient (Wildman–Crippen LogP) is 2.65. The fraction of sp³-hybridized carbons (Fsp3) is 0.125. The van der Waals surface area contributed by atoms with Gasteiger partial charge in [0.15, 0.2) is 6.04 Å². The molecule has 2 aromatic rings. The fourth-order valence-electron chi connectivity index (χ4n) is 2.05. The number of carbonyl (C=O) groups excluding carboxylic acids is 1. The van der Waals surface area contributed by atoms with E-state index in [0.29, 0.717) is 5.56 Å². The zero-order chi connectivity index (χ0) is 17.5. The smallest absolute Gasteiger partial charge is 0.408 e. The summed E-state index contributed by atoms with van der Waals surface area (Å²) in [6.45, 7) is -0.343. The van der Waals surface area contributed by atoms with Crippen LogP contribution < -0.4 is 5.32 Å². The van der Waals surface area contributed by atoms with E-state index in [4.69, 9.17) is 4.74 Å². The number of nitrogens with one attached hydrogen (secondary N) is 1. The van der Waals surface area contributed by atoms with Crippen LogP contribution in [0.4, 0.5) is 10.5 Å². The van der Waals surface area contributed by atoms with Crippen molar-refractivity contribution in [2.24, 2.45) is 0 Å². The molecule has 0 saturated heterocycles. The van der Waals surface area contributed by atoms with Crippen LogP contribution in [0.1, 0.15) is 17.2 Å². The van der Waals surface area contributed by atoms with E-state index < -0.39 is 23.0 Å². The molecule has 8 heteroatoms. The standard InChI is InChI=1S/C16H14N2O6/c19-15(20)14(11-6-2-1-3-7-11)17-16(21)24-10-12-8-4-5-9-13(12)18(22)23/h1-9,14H,10H2,(H,17,21)(H,19,20). The van der Waals surface area contributed by atoms with Gasteiger partial charge < -0.3 is 15.2 Å². The number of ether oxygens (including phenoxy) is 1. The molecule has 1 atom stereocenters. The Bertz CT molecular complexity index is 747. The molecule has 0 aliphatic heterocycles. The van der Waals surface area contributed by atoms with Gasteiger partial charge in [-0.25, -0.2) is 9.59 Å². The van der Waals surface area contributed by atoms with Gasteiger partial charge in [0.2, 0.25) is 0 Å². The average Bonchev–Trinajstić information content (AvgIpc) is 2.58. The lowest BCUT2D eigenvalue weighted by atomic mass is 10.1. The number of nitro groups is 1. The van der Waals surface area contributed by atoms with Crippen LogP contribution in [0.2, 0.25) is 0 Å². The number of amides is 1. The zero-order valence-corrected chi connectivity index (χ0v) is 12.4. The molecule has 0 spiro atoms. The Morgan fingerprint density at radius 1 is 1.12 bits per heavy atom. The van der Waals surface area contributed by atoms with E-state index in [1.54, 1.807) is 36.4 Å². The van der Waals surface area contributed by atoms with Crippen molar-refractivity contribution in [2.45, 2.75) is 12.6 Å². The Balaban J connectivity index is 2.02. The second-order valence-electron chi connectivity index (χ2n) is 4.79. The highest BCUT2D eigenvalue weighted by molar-refractivity contribution is 5.81. The molecule has 0 saturated carbocycles. The van der Waals surface area contributed by atoms with Crippen LogP contribution >= 0.6 is 0 Å². The lowest BCUT2D eigenvalue weighted by Crippen LogP contribution is -2.34. The minimum Gasteiger partial charge on any atom is -0.479 e. The first-order valence-electron chi connectivity index (χ1n) is 6.92. The third-order valence-electron chi connectivity index (χ3n) is 3.19. The first-order valence-corrected chi connectivity index (χ1v) is 6.92. The van der Waals surface area contributed by atoms with Gasteiger partial charge in [-0.2, -0.15) is 0 Å². The van der Waals surface area contributed by atoms with E-state index in [9.17, 15) is 24.8 Å². The van der Waals surface area contributed by atoms with Crippen LogP contribution in [0, 0.1) is 10.1 Å². The number of hydrogen-bond acceptors (Lipinski definition) is 5. The van der Waals surface area contributed by atoms with Crippen LogP contribution in [0.15, 0.2) is 54.6 Å². The molecule has 1 unspecified atom stereocenters. The fourth-order valence-corrected chi connectivity index (χ4v) is 2.05. The summed E-state index contributed by atoms with van der Waals surface area (Å²) in [7, 11) is 0. The van der Waals surface area contributed by atoms with Crippen LogP contribution in [0.3, 0.4) is 0 Å². The maximum atomic E-state index is 11.8. The van der Waals surface area contributed by atoms with Crippen molar-refractivity contribution in [3.63, 3.8) is 0 Å². The molecular weight excluding hydrogens is 316 g/mol. The van der Waals surface area contributed by atoms with Gasteiger partial charge in [-0.05, 0) is 11.6 Å². The second-order valence-corrected chi connectivity index (χ2v) is 4.79. The number of carboxylic acids is 1. The quantitative estimate of drug-likeness (QED) is 0.621. The highest BCUT2D eigenvalue weighted by atomic mass is 16.6. The number of nitro benzene ring substituents is 1. The van der Waals surface area contributed by atoms with Crippen LogP contribution in [0.5, 0.6) is 0 Å². The first kappa shape index (κ1) is 16.9. The number of aliphatic carboxylic acids is 1. The summed E-state index contributed by atoms with van der Waals surface area (Å²) in [5.41, 5.74) is 0.417. The number of carbonyl (C=O) groups is 2. The van der Waals surface area contributed by atoms with E-state index in [0.717, 1.165) is 0 Å². The number of hydrogen-bond donors (Lipinski definition) is 2. The van der Waals surface area contributed by atoms with E-state index in [1.165, 1.54) is 18.2 Å². The van der Waals surface area contributed by atoms with Gasteiger partial charge in [-0.15, -0.1) is 0 Å². The molecule has 0 fully saturated rings. The normalized spacial score (nSPS) is 11.3. The molecule has 24 heavy (non-hydrogen) atoms. The number of carboxylic acid groups (broad SMARTS) is 1. The number of para-hydroxylation sites is 1. The SMILES string of the molecule is O=C(NC(C(=O)O)c1ccccc1)OCc1ccccc1[N+](=O)[O-]. The molecular formula is C16H14N2O6. The van der Waals surface area contributed by atoms with Crippen LogP contribution in [0.25, 0.3) is 0 Å².